The van der Waals surface area contributed by atoms with Crippen LogP contribution in [0.4, 0.5) is 0 Å². The quantitative estimate of drug-likeness (QED) is 0.811. The number of aryl methyl sites for hydroxylation is 1. The van der Waals surface area contributed by atoms with Crippen molar-refractivity contribution in [1.82, 2.24) is 4.98 Å². The van der Waals surface area contributed by atoms with Crippen LogP contribution in [0.5, 0.6) is 0 Å². The summed E-state index contributed by atoms with van der Waals surface area (Å²) in [4.78, 5) is 4.57. The second-order valence-corrected chi connectivity index (χ2v) is 5.86. The number of fused-ring (bicyclic) bond motifs is 1. The van der Waals surface area contributed by atoms with E-state index < -0.39 is 0 Å². The van der Waals surface area contributed by atoms with E-state index in [1.807, 2.05) is 13.0 Å². The Bertz CT molecular complexity index is 601. The second-order valence-electron chi connectivity index (χ2n) is 5.86. The van der Waals surface area contributed by atoms with Gasteiger partial charge in [-0.05, 0) is 36.5 Å². The van der Waals surface area contributed by atoms with Gasteiger partial charge >= 0.3 is 0 Å². The molecular weight excluding hydrogens is 208 g/mol. The van der Waals surface area contributed by atoms with E-state index in [0.29, 0.717) is 0 Å². The molecule has 0 bridgehead atoms. The SMILES string of the molecule is Cc1cc(C2(N)CC2(C)C)c2ccccc2n1. The third-order valence-electron chi connectivity index (χ3n) is 4.13. The summed E-state index contributed by atoms with van der Waals surface area (Å²) in [5.74, 6) is 0. The van der Waals surface area contributed by atoms with Gasteiger partial charge in [0, 0.05) is 16.6 Å². The van der Waals surface area contributed by atoms with Gasteiger partial charge in [-0.15, -0.1) is 0 Å². The van der Waals surface area contributed by atoms with Crippen LogP contribution in [0.15, 0.2) is 30.3 Å². The van der Waals surface area contributed by atoms with E-state index in [9.17, 15) is 0 Å². The average molecular weight is 226 g/mol. The minimum atomic E-state index is -0.180. The van der Waals surface area contributed by atoms with Crippen LogP contribution in [0.25, 0.3) is 10.9 Å². The Balaban J connectivity index is 2.30. The highest BCUT2D eigenvalue weighted by atomic mass is 14.9. The average Bonchev–Trinajstić information content (AvgIpc) is 2.78. The van der Waals surface area contributed by atoms with Gasteiger partial charge in [0.25, 0.3) is 0 Å². The molecule has 1 saturated carbocycles. The lowest BCUT2D eigenvalue weighted by atomic mass is 9.93. The van der Waals surface area contributed by atoms with Crippen LogP contribution in [0.2, 0.25) is 0 Å². The Morgan fingerprint density at radius 3 is 2.53 bits per heavy atom. The predicted molar refractivity (Wildman–Crippen MR) is 70.7 cm³/mol. The van der Waals surface area contributed by atoms with E-state index in [4.69, 9.17) is 5.73 Å². The number of rotatable bonds is 1. The fourth-order valence-corrected chi connectivity index (χ4v) is 2.79. The summed E-state index contributed by atoms with van der Waals surface area (Å²) < 4.78 is 0. The second kappa shape index (κ2) is 3.08. The van der Waals surface area contributed by atoms with Gasteiger partial charge in [-0.1, -0.05) is 32.0 Å². The van der Waals surface area contributed by atoms with Crippen molar-refractivity contribution >= 4 is 10.9 Å². The minimum Gasteiger partial charge on any atom is -0.321 e. The van der Waals surface area contributed by atoms with Crippen molar-refractivity contribution in [3.05, 3.63) is 41.6 Å². The summed E-state index contributed by atoms with van der Waals surface area (Å²) in [5.41, 5.74) is 9.92. The molecule has 0 amide bonds. The standard InChI is InChI=1S/C15H18N2/c1-10-8-12(15(16)9-14(15,2)3)11-6-4-5-7-13(11)17-10/h4-8H,9,16H2,1-3H3. The molecule has 3 rings (SSSR count). The van der Waals surface area contributed by atoms with Crippen LogP contribution in [-0.2, 0) is 5.54 Å². The maximum absolute atomic E-state index is 6.55. The summed E-state index contributed by atoms with van der Waals surface area (Å²) in [6, 6.07) is 10.4. The highest BCUT2D eigenvalue weighted by Gasteiger charge is 2.59. The van der Waals surface area contributed by atoms with Crippen molar-refractivity contribution in [3.8, 4) is 0 Å². The molecule has 1 heterocycles. The molecule has 1 aromatic heterocycles. The van der Waals surface area contributed by atoms with Gasteiger partial charge in [0.1, 0.15) is 0 Å². The molecule has 1 aliphatic carbocycles. The smallest absolute Gasteiger partial charge is 0.0708 e. The molecule has 1 atom stereocenters. The highest BCUT2D eigenvalue weighted by molar-refractivity contribution is 5.84. The first kappa shape index (κ1) is 10.7. The molecule has 0 radical (unpaired) electrons. The zero-order valence-electron chi connectivity index (χ0n) is 10.6. The Morgan fingerprint density at radius 1 is 1.24 bits per heavy atom. The lowest BCUT2D eigenvalue weighted by molar-refractivity contribution is 0.512. The van der Waals surface area contributed by atoms with E-state index in [-0.39, 0.29) is 11.0 Å². The first-order chi connectivity index (χ1) is 7.94. The number of aromatic nitrogens is 1. The Hall–Kier alpha value is -1.41. The van der Waals surface area contributed by atoms with Gasteiger partial charge in [-0.3, -0.25) is 4.98 Å². The molecule has 1 aliphatic rings. The summed E-state index contributed by atoms with van der Waals surface area (Å²) in [5, 5.41) is 1.20. The topological polar surface area (TPSA) is 38.9 Å². The maximum atomic E-state index is 6.55. The first-order valence-electron chi connectivity index (χ1n) is 6.10. The van der Waals surface area contributed by atoms with Crippen molar-refractivity contribution in [2.75, 3.05) is 0 Å². The van der Waals surface area contributed by atoms with Crippen LogP contribution < -0.4 is 5.73 Å². The van der Waals surface area contributed by atoms with Crippen LogP contribution in [0.1, 0.15) is 31.5 Å². The fraction of sp³-hybridized carbons (Fsp3) is 0.400. The van der Waals surface area contributed by atoms with Gasteiger partial charge in [-0.2, -0.15) is 0 Å². The van der Waals surface area contributed by atoms with E-state index in [1.165, 1.54) is 10.9 Å². The molecule has 88 valence electrons. The van der Waals surface area contributed by atoms with Crippen molar-refractivity contribution in [2.45, 2.75) is 32.7 Å². The van der Waals surface area contributed by atoms with Crippen LogP contribution in [0, 0.1) is 12.3 Å². The van der Waals surface area contributed by atoms with Crippen molar-refractivity contribution in [1.29, 1.82) is 0 Å². The summed E-state index contributed by atoms with van der Waals surface area (Å²) >= 11 is 0. The largest absolute Gasteiger partial charge is 0.321 e. The molecule has 2 N–H and O–H groups in total. The molecule has 2 nitrogen and oxygen atoms in total. The third kappa shape index (κ3) is 1.40. The number of para-hydroxylation sites is 1. The van der Waals surface area contributed by atoms with Gasteiger partial charge in [0.2, 0.25) is 0 Å². The summed E-state index contributed by atoms with van der Waals surface area (Å²) in [7, 11) is 0. The van der Waals surface area contributed by atoms with Crippen molar-refractivity contribution < 1.29 is 0 Å². The Kier molecular flexibility index (Phi) is 1.94. The van der Waals surface area contributed by atoms with Crippen LogP contribution in [-0.4, -0.2) is 4.98 Å². The lowest BCUT2D eigenvalue weighted by Gasteiger charge is -2.18. The van der Waals surface area contributed by atoms with Gasteiger partial charge in [0.15, 0.2) is 0 Å². The number of hydrogen-bond acceptors (Lipinski definition) is 2. The van der Waals surface area contributed by atoms with Crippen LogP contribution in [0.3, 0.4) is 0 Å². The van der Waals surface area contributed by atoms with E-state index in [1.54, 1.807) is 0 Å². The molecule has 2 aromatic rings. The first-order valence-corrected chi connectivity index (χ1v) is 6.10. The Morgan fingerprint density at radius 2 is 1.88 bits per heavy atom. The minimum absolute atomic E-state index is 0.180. The Labute approximate surface area is 102 Å². The third-order valence-corrected chi connectivity index (χ3v) is 4.13. The van der Waals surface area contributed by atoms with E-state index >= 15 is 0 Å². The molecule has 0 spiro atoms. The zero-order valence-corrected chi connectivity index (χ0v) is 10.6. The number of benzene rings is 1. The zero-order chi connectivity index (χ0) is 12.3. The number of hydrogen-bond donors (Lipinski definition) is 1. The fourth-order valence-electron chi connectivity index (χ4n) is 2.79. The molecule has 1 unspecified atom stereocenters. The monoisotopic (exact) mass is 226 g/mol. The lowest BCUT2D eigenvalue weighted by Crippen LogP contribution is -2.26. The summed E-state index contributed by atoms with van der Waals surface area (Å²) in [6.45, 7) is 6.50. The van der Waals surface area contributed by atoms with E-state index in [2.05, 4.69) is 43.1 Å². The van der Waals surface area contributed by atoms with E-state index in [0.717, 1.165) is 17.6 Å². The molecule has 0 aliphatic heterocycles. The molecule has 1 aromatic carbocycles. The normalized spacial score (nSPS) is 26.1. The molecule has 1 fully saturated rings. The molecule has 0 saturated heterocycles. The maximum Gasteiger partial charge on any atom is 0.0708 e. The molecule has 2 heteroatoms. The van der Waals surface area contributed by atoms with Gasteiger partial charge in [-0.25, -0.2) is 0 Å². The molecular formula is C15H18N2. The van der Waals surface area contributed by atoms with Gasteiger partial charge in [0.05, 0.1) is 5.52 Å². The number of nitrogens with zero attached hydrogens (tertiary/aromatic N) is 1. The highest BCUT2D eigenvalue weighted by Crippen LogP contribution is 2.61. The molecule has 17 heavy (non-hydrogen) atoms. The predicted octanol–water partition coefficient (Wildman–Crippen LogP) is 3.13. The summed E-state index contributed by atoms with van der Waals surface area (Å²) in [6.07, 6.45) is 1.05. The number of nitrogens with two attached hydrogens (primary N) is 1. The number of pyridine rings is 1. The van der Waals surface area contributed by atoms with Gasteiger partial charge < -0.3 is 5.73 Å². The van der Waals surface area contributed by atoms with Crippen molar-refractivity contribution in [3.63, 3.8) is 0 Å². The van der Waals surface area contributed by atoms with Crippen LogP contribution >= 0.6 is 0 Å². The van der Waals surface area contributed by atoms with Crippen molar-refractivity contribution in [2.24, 2.45) is 11.1 Å².